The number of carbonyl (C=O) groups is 1. The highest BCUT2D eigenvalue weighted by atomic mass is 19.1. The molecular formula is C19H22FN3O4. The topological polar surface area (TPSA) is 99.7 Å². The molecule has 4 rings (SSSR count). The Balaban J connectivity index is 1.58. The standard InChI is InChI=1S/C19H22FN3O4/c20-14-6-4-12(5-7-14)10-19(17(25)26)11-23(9-8-15(19)24)18-21-16(27-22-18)13-2-1-3-13/h4-7,13,15,24H,1-3,8-11H2,(H,25,26)/t15-,19+/m0/s1. The summed E-state index contributed by atoms with van der Waals surface area (Å²) < 4.78 is 18.5. The van der Waals surface area contributed by atoms with Crippen molar-refractivity contribution in [3.8, 4) is 0 Å². The zero-order valence-electron chi connectivity index (χ0n) is 14.8. The van der Waals surface area contributed by atoms with Crippen molar-refractivity contribution in [3.05, 3.63) is 41.5 Å². The number of piperidine rings is 1. The summed E-state index contributed by atoms with van der Waals surface area (Å²) in [5, 5.41) is 24.5. The van der Waals surface area contributed by atoms with Crippen LogP contribution in [0, 0.1) is 11.2 Å². The van der Waals surface area contributed by atoms with E-state index in [1.54, 1.807) is 17.0 Å². The van der Waals surface area contributed by atoms with E-state index in [1.165, 1.54) is 12.1 Å². The van der Waals surface area contributed by atoms with Gasteiger partial charge >= 0.3 is 5.97 Å². The van der Waals surface area contributed by atoms with Crippen LogP contribution in [-0.4, -0.2) is 45.5 Å². The SMILES string of the molecule is O=C(O)[C@]1(Cc2ccc(F)cc2)CN(c2noc(C3CCC3)n2)CC[C@@H]1O. The summed E-state index contributed by atoms with van der Waals surface area (Å²) >= 11 is 0. The van der Waals surface area contributed by atoms with Crippen LogP contribution in [0.2, 0.25) is 0 Å². The molecular weight excluding hydrogens is 353 g/mol. The molecule has 0 spiro atoms. The van der Waals surface area contributed by atoms with Gasteiger partial charge in [0.1, 0.15) is 11.2 Å². The van der Waals surface area contributed by atoms with Crippen LogP contribution < -0.4 is 4.90 Å². The molecule has 2 heterocycles. The minimum Gasteiger partial charge on any atom is -0.481 e. The molecule has 2 aliphatic rings. The van der Waals surface area contributed by atoms with E-state index in [1.807, 2.05) is 0 Å². The van der Waals surface area contributed by atoms with Gasteiger partial charge in [-0.25, -0.2) is 4.39 Å². The quantitative estimate of drug-likeness (QED) is 0.827. The third-order valence-corrected chi connectivity index (χ3v) is 5.81. The molecule has 144 valence electrons. The van der Waals surface area contributed by atoms with E-state index < -0.39 is 17.5 Å². The summed E-state index contributed by atoms with van der Waals surface area (Å²) in [6.45, 7) is 0.508. The number of aromatic nitrogens is 2. The summed E-state index contributed by atoms with van der Waals surface area (Å²) in [7, 11) is 0. The fourth-order valence-corrected chi connectivity index (χ4v) is 3.85. The smallest absolute Gasteiger partial charge is 0.314 e. The molecule has 0 unspecified atom stereocenters. The van der Waals surface area contributed by atoms with E-state index in [0.717, 1.165) is 19.3 Å². The molecule has 1 saturated heterocycles. The number of hydrogen-bond donors (Lipinski definition) is 2. The molecule has 1 aliphatic carbocycles. The summed E-state index contributed by atoms with van der Waals surface area (Å²) in [6.07, 6.45) is 2.56. The number of aliphatic carboxylic acids is 1. The highest BCUT2D eigenvalue weighted by Crippen LogP contribution is 2.38. The maximum Gasteiger partial charge on any atom is 0.314 e. The van der Waals surface area contributed by atoms with E-state index in [2.05, 4.69) is 10.1 Å². The van der Waals surface area contributed by atoms with Gasteiger partial charge in [-0.05, 0) is 48.5 Å². The Morgan fingerprint density at radius 1 is 1.30 bits per heavy atom. The lowest BCUT2D eigenvalue weighted by molar-refractivity contribution is -0.157. The Labute approximate surface area is 155 Å². The zero-order chi connectivity index (χ0) is 19.0. The lowest BCUT2D eigenvalue weighted by Crippen LogP contribution is -2.57. The number of aliphatic hydroxyl groups is 1. The summed E-state index contributed by atoms with van der Waals surface area (Å²) in [5.41, 5.74) is -0.768. The lowest BCUT2D eigenvalue weighted by Gasteiger charge is -2.43. The first-order valence-electron chi connectivity index (χ1n) is 9.22. The van der Waals surface area contributed by atoms with Gasteiger partial charge in [-0.3, -0.25) is 4.79 Å². The number of benzene rings is 1. The van der Waals surface area contributed by atoms with Crippen LogP contribution in [-0.2, 0) is 11.2 Å². The number of carboxylic acids is 1. The molecule has 0 amide bonds. The minimum absolute atomic E-state index is 0.0600. The fraction of sp³-hybridized carbons (Fsp3) is 0.526. The highest BCUT2D eigenvalue weighted by molar-refractivity contribution is 5.77. The van der Waals surface area contributed by atoms with Crippen molar-refractivity contribution >= 4 is 11.9 Å². The van der Waals surface area contributed by atoms with Crippen molar-refractivity contribution in [3.63, 3.8) is 0 Å². The first kappa shape index (κ1) is 17.9. The predicted octanol–water partition coefficient (Wildman–Crippen LogP) is 2.36. The fourth-order valence-electron chi connectivity index (χ4n) is 3.85. The normalized spacial score (nSPS) is 26.0. The number of hydrogen-bond acceptors (Lipinski definition) is 6. The van der Waals surface area contributed by atoms with Gasteiger partial charge in [0.2, 0.25) is 5.89 Å². The van der Waals surface area contributed by atoms with Crippen LogP contribution in [0.25, 0.3) is 0 Å². The number of nitrogens with zero attached hydrogens (tertiary/aromatic N) is 3. The molecule has 1 aliphatic heterocycles. The van der Waals surface area contributed by atoms with Gasteiger partial charge < -0.3 is 19.6 Å². The van der Waals surface area contributed by atoms with E-state index in [-0.39, 0.29) is 25.2 Å². The second-order valence-electron chi connectivity index (χ2n) is 7.55. The van der Waals surface area contributed by atoms with Crippen molar-refractivity contribution in [2.24, 2.45) is 5.41 Å². The molecule has 1 aromatic carbocycles. The number of anilines is 1. The van der Waals surface area contributed by atoms with E-state index in [9.17, 15) is 19.4 Å². The molecule has 1 saturated carbocycles. The summed E-state index contributed by atoms with van der Waals surface area (Å²) in [5.74, 6) is -0.212. The molecule has 27 heavy (non-hydrogen) atoms. The number of rotatable bonds is 5. The van der Waals surface area contributed by atoms with Crippen LogP contribution >= 0.6 is 0 Å². The largest absolute Gasteiger partial charge is 0.481 e. The summed E-state index contributed by atoms with van der Waals surface area (Å²) in [6, 6.07) is 5.69. The number of carboxylic acid groups (broad SMARTS) is 1. The lowest BCUT2D eigenvalue weighted by atomic mass is 9.73. The molecule has 0 radical (unpaired) electrons. The Kier molecular flexibility index (Phi) is 4.59. The van der Waals surface area contributed by atoms with Gasteiger partial charge in [0.25, 0.3) is 5.95 Å². The van der Waals surface area contributed by atoms with Gasteiger partial charge in [0.15, 0.2) is 0 Å². The molecule has 0 bridgehead atoms. The minimum atomic E-state index is -1.42. The molecule has 2 aromatic rings. The van der Waals surface area contributed by atoms with Crippen LogP contribution in [0.5, 0.6) is 0 Å². The van der Waals surface area contributed by atoms with Crippen molar-refractivity contribution < 1.29 is 23.9 Å². The van der Waals surface area contributed by atoms with Crippen molar-refractivity contribution in [2.45, 2.75) is 44.1 Å². The third kappa shape index (κ3) is 3.29. The molecule has 2 fully saturated rings. The van der Waals surface area contributed by atoms with E-state index in [0.29, 0.717) is 29.9 Å². The van der Waals surface area contributed by atoms with Gasteiger partial charge in [0.05, 0.1) is 6.10 Å². The third-order valence-electron chi connectivity index (χ3n) is 5.81. The van der Waals surface area contributed by atoms with E-state index in [4.69, 9.17) is 4.52 Å². The summed E-state index contributed by atoms with van der Waals surface area (Å²) in [4.78, 5) is 18.4. The van der Waals surface area contributed by atoms with Crippen LogP contribution in [0.15, 0.2) is 28.8 Å². The van der Waals surface area contributed by atoms with Gasteiger partial charge in [0, 0.05) is 19.0 Å². The molecule has 8 heteroatoms. The molecule has 2 N–H and O–H groups in total. The maximum atomic E-state index is 13.2. The van der Waals surface area contributed by atoms with Crippen LogP contribution in [0.3, 0.4) is 0 Å². The van der Waals surface area contributed by atoms with Gasteiger partial charge in [-0.2, -0.15) is 4.98 Å². The molecule has 7 nitrogen and oxygen atoms in total. The Morgan fingerprint density at radius 2 is 2.04 bits per heavy atom. The first-order valence-corrected chi connectivity index (χ1v) is 9.22. The van der Waals surface area contributed by atoms with E-state index >= 15 is 0 Å². The second-order valence-corrected chi connectivity index (χ2v) is 7.55. The van der Waals surface area contributed by atoms with Crippen LogP contribution in [0.4, 0.5) is 10.3 Å². The van der Waals surface area contributed by atoms with Crippen molar-refractivity contribution in [1.82, 2.24) is 10.1 Å². The van der Waals surface area contributed by atoms with Crippen LogP contribution in [0.1, 0.15) is 43.1 Å². The van der Waals surface area contributed by atoms with Crippen molar-refractivity contribution in [2.75, 3.05) is 18.0 Å². The average Bonchev–Trinajstić information content (AvgIpc) is 3.06. The Morgan fingerprint density at radius 3 is 2.67 bits per heavy atom. The molecule has 1 aromatic heterocycles. The average molecular weight is 375 g/mol. The molecule has 2 atom stereocenters. The van der Waals surface area contributed by atoms with Gasteiger partial charge in [-0.1, -0.05) is 18.6 Å². The Bertz CT molecular complexity index is 821. The monoisotopic (exact) mass is 375 g/mol. The predicted molar refractivity (Wildman–Crippen MR) is 93.9 cm³/mol. The maximum absolute atomic E-state index is 13.2. The second kappa shape index (κ2) is 6.92. The first-order chi connectivity index (χ1) is 13.0. The van der Waals surface area contributed by atoms with Crippen molar-refractivity contribution in [1.29, 1.82) is 0 Å². The number of aliphatic hydroxyl groups excluding tert-OH is 1. The Hall–Kier alpha value is -2.48. The highest BCUT2D eigenvalue weighted by Gasteiger charge is 2.50. The zero-order valence-corrected chi connectivity index (χ0v) is 14.8. The van der Waals surface area contributed by atoms with Gasteiger partial charge in [-0.15, -0.1) is 0 Å². The number of halogens is 1.